The van der Waals surface area contributed by atoms with Gasteiger partial charge in [-0.25, -0.2) is 4.99 Å². The summed E-state index contributed by atoms with van der Waals surface area (Å²) in [6.45, 7) is 0. The third-order valence-corrected chi connectivity index (χ3v) is 10.8. The van der Waals surface area contributed by atoms with Crippen molar-refractivity contribution in [2.24, 2.45) is 4.99 Å². The molecule has 0 bridgehead atoms. The molecule has 2 aliphatic rings. The van der Waals surface area contributed by atoms with E-state index in [9.17, 15) is 0 Å². The summed E-state index contributed by atoms with van der Waals surface area (Å²) in [4.78, 5) is 5.39. The van der Waals surface area contributed by atoms with Gasteiger partial charge in [0.25, 0.3) is 0 Å². The van der Waals surface area contributed by atoms with Gasteiger partial charge in [-0.15, -0.1) is 0 Å². The zero-order chi connectivity index (χ0) is 33.5. The third kappa shape index (κ3) is 4.14. The molecule has 0 radical (unpaired) electrons. The van der Waals surface area contributed by atoms with Gasteiger partial charge in [0.1, 0.15) is 18.2 Å². The highest BCUT2D eigenvalue weighted by Crippen LogP contribution is 2.52. The van der Waals surface area contributed by atoms with Gasteiger partial charge in [-0.3, -0.25) is 5.32 Å². The van der Waals surface area contributed by atoms with E-state index in [-0.39, 0.29) is 12.3 Å². The smallest absolute Gasteiger partial charge is 0.131 e. The Morgan fingerprint density at radius 3 is 1.88 bits per heavy atom. The number of nitrogens with one attached hydrogen (secondary N) is 2. The number of aromatic nitrogens is 1. The highest BCUT2D eigenvalue weighted by Gasteiger charge is 2.30. The minimum Gasteiger partial charge on any atom is -0.350 e. The van der Waals surface area contributed by atoms with E-state index in [2.05, 4.69) is 185 Å². The van der Waals surface area contributed by atoms with E-state index in [0.29, 0.717) is 0 Å². The Balaban J connectivity index is 1.25. The van der Waals surface area contributed by atoms with Gasteiger partial charge in [-0.1, -0.05) is 158 Å². The molecule has 1 aliphatic carbocycles. The first-order valence-electron chi connectivity index (χ1n) is 17.6. The summed E-state index contributed by atoms with van der Waals surface area (Å²) in [5.74, 6) is 0.875. The van der Waals surface area contributed by atoms with Crippen LogP contribution in [0.2, 0.25) is 0 Å². The van der Waals surface area contributed by atoms with Crippen molar-refractivity contribution in [3.8, 4) is 27.9 Å². The van der Waals surface area contributed by atoms with Gasteiger partial charge in [-0.05, 0) is 50.7 Å². The van der Waals surface area contributed by atoms with Gasteiger partial charge in [0.05, 0.1) is 16.7 Å². The fourth-order valence-electron chi connectivity index (χ4n) is 8.66. The first-order valence-corrected chi connectivity index (χ1v) is 17.6. The molecular formula is C47H32N4. The number of nitrogens with zero attached hydrogens (tertiary/aromatic N) is 2. The fourth-order valence-corrected chi connectivity index (χ4v) is 8.66. The van der Waals surface area contributed by atoms with Crippen LogP contribution in [-0.4, -0.2) is 10.4 Å². The van der Waals surface area contributed by atoms with Gasteiger partial charge in [0.2, 0.25) is 0 Å². The Labute approximate surface area is 295 Å². The van der Waals surface area contributed by atoms with Crippen LogP contribution in [0, 0.1) is 0 Å². The molecule has 2 heterocycles. The molecule has 9 aromatic rings. The Kier molecular flexibility index (Phi) is 6.12. The molecule has 0 saturated carbocycles. The van der Waals surface area contributed by atoms with Crippen LogP contribution < -0.4 is 10.6 Å². The molecule has 4 heteroatoms. The average Bonchev–Trinajstić information content (AvgIpc) is 3.50. The molecule has 2 N–H and O–H groups in total. The van der Waals surface area contributed by atoms with E-state index in [1.54, 1.807) is 0 Å². The Morgan fingerprint density at radius 1 is 0.471 bits per heavy atom. The molecule has 0 amide bonds. The molecule has 4 nitrogen and oxygen atoms in total. The van der Waals surface area contributed by atoms with Crippen molar-refractivity contribution in [3.63, 3.8) is 0 Å². The first kappa shape index (κ1) is 28.4. The molecule has 0 fully saturated rings. The molecule has 2 unspecified atom stereocenters. The summed E-state index contributed by atoms with van der Waals surface area (Å²) in [6.07, 6.45) is -0.439. The van der Waals surface area contributed by atoms with Crippen LogP contribution in [0.5, 0.6) is 0 Å². The number of fused-ring (bicyclic) bond motifs is 6. The topological polar surface area (TPSA) is 41.4 Å². The average molecular weight is 653 g/mol. The second kappa shape index (κ2) is 11.0. The number of aliphatic imine (C=N–C) groups is 1. The van der Waals surface area contributed by atoms with Crippen molar-refractivity contribution in [2.45, 2.75) is 12.3 Å². The van der Waals surface area contributed by atoms with Crippen molar-refractivity contribution in [2.75, 3.05) is 0 Å². The van der Waals surface area contributed by atoms with Crippen LogP contribution >= 0.6 is 0 Å². The van der Waals surface area contributed by atoms with Crippen LogP contribution in [0.3, 0.4) is 0 Å². The molecular weight excluding hydrogens is 621 g/mol. The fraction of sp³-hybridized carbons (Fsp3) is 0.0426. The van der Waals surface area contributed by atoms with Gasteiger partial charge >= 0.3 is 0 Å². The minimum absolute atomic E-state index is 0.129. The van der Waals surface area contributed by atoms with E-state index in [0.717, 1.165) is 28.2 Å². The monoisotopic (exact) mass is 652 g/mol. The molecule has 11 rings (SSSR count). The second-order valence-electron chi connectivity index (χ2n) is 13.5. The summed E-state index contributed by atoms with van der Waals surface area (Å²) in [6, 6.07) is 61.3. The van der Waals surface area contributed by atoms with E-state index >= 15 is 0 Å². The van der Waals surface area contributed by atoms with Gasteiger partial charge in [0, 0.05) is 32.7 Å². The molecule has 8 aromatic carbocycles. The van der Waals surface area contributed by atoms with Crippen LogP contribution in [0.25, 0.3) is 71.3 Å². The summed E-state index contributed by atoms with van der Waals surface area (Å²) >= 11 is 0. The first-order chi connectivity index (χ1) is 25.3. The van der Waals surface area contributed by atoms with Gasteiger partial charge in [0.15, 0.2) is 0 Å². The van der Waals surface area contributed by atoms with E-state index in [4.69, 9.17) is 4.99 Å². The van der Waals surface area contributed by atoms with E-state index in [1.165, 1.54) is 65.6 Å². The van der Waals surface area contributed by atoms with Gasteiger partial charge in [-0.2, -0.15) is 0 Å². The van der Waals surface area contributed by atoms with E-state index in [1.807, 2.05) is 0 Å². The normalized spacial score (nSPS) is 16.4. The lowest BCUT2D eigenvalue weighted by atomic mass is 9.91. The Hall–Kier alpha value is -6.49. The Morgan fingerprint density at radius 2 is 1.08 bits per heavy atom. The second-order valence-corrected chi connectivity index (χ2v) is 13.5. The van der Waals surface area contributed by atoms with Crippen molar-refractivity contribution < 1.29 is 0 Å². The zero-order valence-corrected chi connectivity index (χ0v) is 27.7. The molecule has 0 saturated heterocycles. The summed E-state index contributed by atoms with van der Waals surface area (Å²) in [5, 5.41) is 15.3. The van der Waals surface area contributed by atoms with Crippen molar-refractivity contribution >= 4 is 49.2 Å². The standard InChI is InChI=1S/C47H32N4/c1-3-15-29(16-4-1)45-48-46(30-17-5-2-6-18-30)50-47(49-45)38-23-11-12-27-39(38)51-40-28-14-26-36-32-20-8-7-19-31(32)34-24-13-25-35-33-21-9-10-22-37(33)44(51)43(41(34)35)42(36)40/h1-28,45,47,49H,(H,48,50). The lowest BCUT2D eigenvalue weighted by Gasteiger charge is -2.33. The molecule has 51 heavy (non-hydrogen) atoms. The zero-order valence-electron chi connectivity index (χ0n) is 27.7. The van der Waals surface area contributed by atoms with Crippen LogP contribution in [0.1, 0.15) is 29.0 Å². The maximum Gasteiger partial charge on any atom is 0.131 e. The third-order valence-electron chi connectivity index (χ3n) is 10.8. The molecule has 240 valence electrons. The largest absolute Gasteiger partial charge is 0.350 e. The van der Waals surface area contributed by atoms with Crippen molar-refractivity contribution in [1.82, 2.24) is 15.2 Å². The quantitative estimate of drug-likeness (QED) is 0.186. The number of amidine groups is 1. The number of rotatable bonds is 4. The number of para-hydroxylation sites is 1. The Bertz CT molecular complexity index is 2870. The number of benzene rings is 8. The summed E-state index contributed by atoms with van der Waals surface area (Å²) in [5.41, 5.74) is 12.0. The van der Waals surface area contributed by atoms with Crippen LogP contribution in [0.4, 0.5) is 0 Å². The van der Waals surface area contributed by atoms with Crippen molar-refractivity contribution in [3.05, 3.63) is 187 Å². The predicted molar refractivity (Wildman–Crippen MR) is 211 cm³/mol. The SMILES string of the molecule is c1ccc(C2=NC(c3ccccc3-n3c4cccc5c4c4c6c(cccc6c6ccccc6c43)-c3ccccc3-5)NC(c3ccccc3)N2)cc1. The number of hydrogen-bond donors (Lipinski definition) is 2. The number of hydrogen-bond acceptors (Lipinski definition) is 3. The maximum absolute atomic E-state index is 5.39. The highest BCUT2D eigenvalue weighted by molar-refractivity contribution is 6.37. The summed E-state index contributed by atoms with van der Waals surface area (Å²) < 4.78 is 2.52. The highest BCUT2D eigenvalue weighted by atomic mass is 15.3. The maximum atomic E-state index is 5.39. The molecule has 2 atom stereocenters. The molecule has 1 aromatic heterocycles. The minimum atomic E-state index is -0.311. The van der Waals surface area contributed by atoms with E-state index < -0.39 is 0 Å². The lowest BCUT2D eigenvalue weighted by Crippen LogP contribution is -2.45. The summed E-state index contributed by atoms with van der Waals surface area (Å²) in [7, 11) is 0. The molecule has 1 aliphatic heterocycles. The lowest BCUT2D eigenvalue weighted by molar-refractivity contribution is 0.408. The predicted octanol–water partition coefficient (Wildman–Crippen LogP) is 11.1. The van der Waals surface area contributed by atoms with Crippen LogP contribution in [-0.2, 0) is 0 Å². The molecule has 0 spiro atoms. The van der Waals surface area contributed by atoms with Crippen molar-refractivity contribution in [1.29, 1.82) is 0 Å². The van der Waals surface area contributed by atoms with Gasteiger partial charge < -0.3 is 9.88 Å². The van der Waals surface area contributed by atoms with Crippen LogP contribution in [0.15, 0.2) is 175 Å².